The van der Waals surface area contributed by atoms with Crippen molar-refractivity contribution in [3.63, 3.8) is 0 Å². The summed E-state index contributed by atoms with van der Waals surface area (Å²) in [4.78, 5) is 12.2. The largest absolute Gasteiger partial charge is 0.509 e. The number of aromatic amines is 1. The fourth-order valence-corrected chi connectivity index (χ4v) is 4.55. The Bertz CT molecular complexity index is 1140. The predicted molar refractivity (Wildman–Crippen MR) is 127 cm³/mol. The van der Waals surface area contributed by atoms with Gasteiger partial charge in [0.1, 0.15) is 17.4 Å². The molecule has 2 aliphatic rings. The smallest absolute Gasteiger partial charge is 0.145 e. The minimum atomic E-state index is 0.173. The van der Waals surface area contributed by atoms with E-state index in [4.69, 9.17) is 5.41 Å². The minimum absolute atomic E-state index is 0.173. The van der Waals surface area contributed by atoms with Crippen LogP contribution in [0.2, 0.25) is 0 Å². The first kappa shape index (κ1) is 19.7. The molecule has 0 aliphatic carbocycles. The Hall–Kier alpha value is -3.28. The minimum Gasteiger partial charge on any atom is -0.509 e. The first-order valence-corrected chi connectivity index (χ1v) is 11.0. The summed E-state index contributed by atoms with van der Waals surface area (Å²) in [5.41, 5.74) is 6.74. The van der Waals surface area contributed by atoms with Gasteiger partial charge in [-0.3, -0.25) is 5.41 Å². The Kier molecular flexibility index (Phi) is 4.73. The number of imidazole rings is 1. The normalized spacial score (nSPS) is 18.0. The maximum Gasteiger partial charge on any atom is 0.145 e. The van der Waals surface area contributed by atoms with Crippen LogP contribution in [-0.4, -0.2) is 40.5 Å². The summed E-state index contributed by atoms with van der Waals surface area (Å²) in [6, 6.07) is 12.4. The molecule has 6 nitrogen and oxygen atoms in total. The fraction of sp³-hybridized carbons (Fsp3) is 0.360. The Morgan fingerprint density at radius 3 is 2.39 bits per heavy atom. The summed E-state index contributed by atoms with van der Waals surface area (Å²) in [6.07, 6.45) is 2.46. The highest BCUT2D eigenvalue weighted by Crippen LogP contribution is 2.32. The molecular weight excluding hydrogens is 386 g/mol. The number of piperidine rings is 1. The van der Waals surface area contributed by atoms with Crippen molar-refractivity contribution in [3.05, 3.63) is 59.1 Å². The third-order valence-electron chi connectivity index (χ3n) is 6.75. The molecule has 0 unspecified atom stereocenters. The van der Waals surface area contributed by atoms with Crippen LogP contribution in [0, 0.1) is 25.2 Å². The third-order valence-corrected chi connectivity index (χ3v) is 6.75. The third kappa shape index (κ3) is 3.46. The van der Waals surface area contributed by atoms with Crippen molar-refractivity contribution < 1.29 is 5.11 Å². The summed E-state index contributed by atoms with van der Waals surface area (Å²) in [5.74, 6) is 1.79. The Balaban J connectivity index is 1.38. The molecule has 1 saturated heterocycles. The highest BCUT2D eigenvalue weighted by Gasteiger charge is 2.31. The van der Waals surface area contributed by atoms with E-state index in [2.05, 4.69) is 53.8 Å². The number of hydrogen-bond donors (Lipinski definition) is 3. The molecule has 3 heterocycles. The molecule has 2 aromatic carbocycles. The van der Waals surface area contributed by atoms with Crippen molar-refractivity contribution in [1.29, 1.82) is 5.41 Å². The van der Waals surface area contributed by atoms with E-state index >= 15 is 0 Å². The maximum atomic E-state index is 10.7. The van der Waals surface area contributed by atoms with Crippen LogP contribution in [0.5, 0.6) is 0 Å². The van der Waals surface area contributed by atoms with Crippen LogP contribution in [0.1, 0.15) is 36.7 Å². The first-order chi connectivity index (χ1) is 14.9. The number of H-pyrrole nitrogens is 1. The number of anilines is 2. The quantitative estimate of drug-likeness (QED) is 0.550. The van der Waals surface area contributed by atoms with E-state index in [1.54, 1.807) is 0 Å². The van der Waals surface area contributed by atoms with Crippen LogP contribution in [-0.2, 0) is 0 Å². The molecular formula is C25H29N5O. The Morgan fingerprint density at radius 2 is 1.68 bits per heavy atom. The van der Waals surface area contributed by atoms with Gasteiger partial charge >= 0.3 is 0 Å². The van der Waals surface area contributed by atoms with Crippen molar-refractivity contribution in [2.45, 2.75) is 33.6 Å². The number of aliphatic hydroxyl groups excluding tert-OH is 1. The van der Waals surface area contributed by atoms with E-state index < -0.39 is 0 Å². The van der Waals surface area contributed by atoms with E-state index in [9.17, 15) is 5.11 Å². The van der Waals surface area contributed by atoms with Gasteiger partial charge in [0, 0.05) is 24.5 Å². The van der Waals surface area contributed by atoms with Crippen molar-refractivity contribution in [2.24, 2.45) is 5.92 Å². The summed E-state index contributed by atoms with van der Waals surface area (Å²) in [6.45, 7) is 8.92. The summed E-state index contributed by atoms with van der Waals surface area (Å²) in [7, 11) is 0. The average molecular weight is 416 g/mol. The van der Waals surface area contributed by atoms with Crippen molar-refractivity contribution in [3.8, 4) is 0 Å². The lowest BCUT2D eigenvalue weighted by Gasteiger charge is -2.32. The predicted octanol–water partition coefficient (Wildman–Crippen LogP) is 5.18. The van der Waals surface area contributed by atoms with Gasteiger partial charge in [-0.05, 0) is 80.1 Å². The fourth-order valence-electron chi connectivity index (χ4n) is 4.55. The van der Waals surface area contributed by atoms with E-state index in [1.807, 2.05) is 23.1 Å². The standard InChI is InChI=1S/C25H29N5O/c1-15-8-10-29(11-9-15)18-4-6-19(7-5-18)30-14-22(31)23(24(30)26)25-27-20-12-16(2)17(3)13-21(20)28-25/h4-7,12-13,15,26,31H,8-11,14H2,1-3H3,(H,27,28). The molecule has 0 saturated carbocycles. The number of aromatic nitrogens is 2. The maximum absolute atomic E-state index is 10.7. The lowest BCUT2D eigenvalue weighted by atomic mass is 9.99. The molecule has 3 N–H and O–H groups in total. The molecule has 3 aromatic rings. The second-order valence-electron chi connectivity index (χ2n) is 8.98. The average Bonchev–Trinajstić information content (AvgIpc) is 3.28. The van der Waals surface area contributed by atoms with Gasteiger partial charge in [0.05, 0.1) is 23.2 Å². The molecule has 0 amide bonds. The summed E-state index contributed by atoms with van der Waals surface area (Å²) in [5, 5.41) is 19.4. The van der Waals surface area contributed by atoms with E-state index in [0.29, 0.717) is 11.4 Å². The van der Waals surface area contributed by atoms with Gasteiger partial charge in [-0.2, -0.15) is 0 Å². The molecule has 1 aromatic heterocycles. The van der Waals surface area contributed by atoms with Gasteiger partial charge in [0.15, 0.2) is 0 Å². The zero-order valence-electron chi connectivity index (χ0n) is 18.4. The number of amidine groups is 1. The molecule has 5 rings (SSSR count). The molecule has 0 bridgehead atoms. The van der Waals surface area contributed by atoms with Gasteiger partial charge in [-0.25, -0.2) is 4.98 Å². The molecule has 0 radical (unpaired) electrons. The lowest BCUT2D eigenvalue weighted by Crippen LogP contribution is -2.32. The van der Waals surface area contributed by atoms with Crippen molar-refractivity contribution in [2.75, 3.05) is 29.4 Å². The highest BCUT2D eigenvalue weighted by atomic mass is 16.3. The number of hydrogen-bond acceptors (Lipinski definition) is 4. The monoisotopic (exact) mass is 415 g/mol. The number of fused-ring (bicyclic) bond motifs is 1. The lowest BCUT2D eigenvalue weighted by molar-refractivity contribution is 0.411. The van der Waals surface area contributed by atoms with Gasteiger partial charge in [-0.15, -0.1) is 0 Å². The highest BCUT2D eigenvalue weighted by molar-refractivity contribution is 6.30. The molecule has 160 valence electrons. The van der Waals surface area contributed by atoms with E-state index in [1.165, 1.54) is 29.7 Å². The number of aliphatic hydroxyl groups is 1. The van der Waals surface area contributed by atoms with E-state index in [0.717, 1.165) is 35.7 Å². The summed E-state index contributed by atoms with van der Waals surface area (Å²) >= 11 is 0. The van der Waals surface area contributed by atoms with Gasteiger partial charge in [0.25, 0.3) is 0 Å². The van der Waals surface area contributed by atoms with Crippen molar-refractivity contribution in [1.82, 2.24) is 9.97 Å². The molecule has 2 aliphatic heterocycles. The van der Waals surface area contributed by atoms with Crippen molar-refractivity contribution >= 4 is 33.8 Å². The Morgan fingerprint density at radius 1 is 1.03 bits per heavy atom. The molecule has 6 heteroatoms. The topological polar surface area (TPSA) is 79.2 Å². The van der Waals surface area contributed by atoms with E-state index in [-0.39, 0.29) is 18.1 Å². The number of nitrogens with one attached hydrogen (secondary N) is 2. The number of rotatable bonds is 3. The second-order valence-corrected chi connectivity index (χ2v) is 8.98. The van der Waals surface area contributed by atoms with Crippen LogP contribution in [0.25, 0.3) is 16.6 Å². The number of aryl methyl sites for hydroxylation is 2. The zero-order chi connectivity index (χ0) is 21.7. The van der Waals surface area contributed by atoms with Gasteiger partial charge in [-0.1, -0.05) is 6.92 Å². The molecule has 0 atom stereocenters. The molecule has 31 heavy (non-hydrogen) atoms. The van der Waals surface area contributed by atoms with Crippen LogP contribution in [0.15, 0.2) is 42.2 Å². The van der Waals surface area contributed by atoms with Gasteiger partial charge < -0.3 is 19.9 Å². The van der Waals surface area contributed by atoms with Crippen LogP contribution in [0.3, 0.4) is 0 Å². The molecule has 1 fully saturated rings. The first-order valence-electron chi connectivity index (χ1n) is 11.0. The SMILES string of the molecule is Cc1cc2nc(C3=C(O)CN(c4ccc(N5CCC(C)CC5)cc4)C3=N)[nH]c2cc1C. The summed E-state index contributed by atoms with van der Waals surface area (Å²) < 4.78 is 0. The number of nitrogens with zero attached hydrogens (tertiary/aromatic N) is 3. The second kappa shape index (κ2) is 7.45. The Labute approximate surface area is 182 Å². The zero-order valence-corrected chi connectivity index (χ0v) is 18.4. The van der Waals surface area contributed by atoms with Crippen LogP contribution < -0.4 is 9.80 Å². The van der Waals surface area contributed by atoms with Crippen LogP contribution in [0.4, 0.5) is 11.4 Å². The molecule has 0 spiro atoms. The van der Waals surface area contributed by atoms with Crippen LogP contribution >= 0.6 is 0 Å². The number of benzene rings is 2. The van der Waals surface area contributed by atoms with Gasteiger partial charge in [0.2, 0.25) is 0 Å².